The lowest BCUT2D eigenvalue weighted by Gasteiger charge is -2.21. The predicted molar refractivity (Wildman–Crippen MR) is 143 cm³/mol. The molecule has 2 aromatic carbocycles. The summed E-state index contributed by atoms with van der Waals surface area (Å²) < 4.78 is 17.5. The SMILES string of the molecule is C1=C(c2ccc(N3CCC(NCC4CCCO4)C3)cc2)OC(CSCCOc2ccccc2)=NN1. The van der Waals surface area contributed by atoms with E-state index in [1.54, 1.807) is 11.8 Å². The fraction of sp³-hybridized carbons (Fsp3) is 0.444. The molecule has 2 fully saturated rings. The van der Waals surface area contributed by atoms with E-state index in [0.29, 0.717) is 30.4 Å². The summed E-state index contributed by atoms with van der Waals surface area (Å²) in [5.41, 5.74) is 5.28. The first-order chi connectivity index (χ1) is 17.3. The zero-order chi connectivity index (χ0) is 23.7. The monoisotopic (exact) mass is 494 g/mol. The first-order valence-corrected chi connectivity index (χ1v) is 13.6. The Morgan fingerprint density at radius 1 is 1.11 bits per heavy atom. The second-order valence-electron chi connectivity index (χ2n) is 8.98. The number of nitrogens with zero attached hydrogens (tertiary/aromatic N) is 2. The van der Waals surface area contributed by atoms with Crippen LogP contribution in [0.5, 0.6) is 5.75 Å². The van der Waals surface area contributed by atoms with Crippen molar-refractivity contribution in [1.82, 2.24) is 10.7 Å². The predicted octanol–water partition coefficient (Wildman–Crippen LogP) is 4.08. The van der Waals surface area contributed by atoms with Crippen molar-refractivity contribution in [1.29, 1.82) is 0 Å². The van der Waals surface area contributed by atoms with Crippen LogP contribution in [0, 0.1) is 0 Å². The molecule has 0 radical (unpaired) electrons. The Morgan fingerprint density at radius 2 is 2.00 bits per heavy atom. The van der Waals surface area contributed by atoms with Crippen LogP contribution in [-0.4, -0.2) is 62.4 Å². The normalized spacial score (nSPS) is 21.8. The zero-order valence-corrected chi connectivity index (χ0v) is 20.8. The van der Waals surface area contributed by atoms with Crippen LogP contribution < -0.4 is 20.4 Å². The van der Waals surface area contributed by atoms with E-state index in [1.807, 2.05) is 36.5 Å². The molecular weight excluding hydrogens is 460 g/mol. The highest BCUT2D eigenvalue weighted by molar-refractivity contribution is 7.99. The molecule has 0 aliphatic carbocycles. The lowest BCUT2D eigenvalue weighted by atomic mass is 10.1. The topological polar surface area (TPSA) is 67.4 Å². The van der Waals surface area contributed by atoms with Crippen molar-refractivity contribution in [2.45, 2.75) is 31.4 Å². The Balaban J connectivity index is 1.03. The smallest absolute Gasteiger partial charge is 0.222 e. The number of ether oxygens (including phenoxy) is 3. The molecule has 2 aromatic rings. The van der Waals surface area contributed by atoms with Crippen LogP contribution in [0.3, 0.4) is 0 Å². The van der Waals surface area contributed by atoms with Crippen LogP contribution in [0.1, 0.15) is 24.8 Å². The summed E-state index contributed by atoms with van der Waals surface area (Å²) in [7, 11) is 0. The lowest BCUT2D eigenvalue weighted by Crippen LogP contribution is -2.37. The molecule has 5 rings (SSSR count). The average Bonchev–Trinajstić information content (AvgIpc) is 3.61. The molecule has 3 aliphatic heterocycles. The van der Waals surface area contributed by atoms with Crippen LogP contribution in [0.25, 0.3) is 5.76 Å². The number of thioether (sulfide) groups is 1. The van der Waals surface area contributed by atoms with Crippen LogP contribution >= 0.6 is 11.8 Å². The van der Waals surface area contributed by atoms with E-state index < -0.39 is 0 Å². The maximum atomic E-state index is 6.05. The summed E-state index contributed by atoms with van der Waals surface area (Å²) in [5, 5.41) is 7.98. The van der Waals surface area contributed by atoms with Gasteiger partial charge in [0.15, 0.2) is 5.76 Å². The molecule has 0 aromatic heterocycles. The van der Waals surface area contributed by atoms with Gasteiger partial charge in [0.1, 0.15) is 5.75 Å². The highest BCUT2D eigenvalue weighted by Gasteiger charge is 2.24. The summed E-state index contributed by atoms with van der Waals surface area (Å²) in [6, 6.07) is 19.0. The Morgan fingerprint density at radius 3 is 2.83 bits per heavy atom. The van der Waals surface area contributed by atoms with Crippen molar-refractivity contribution < 1.29 is 14.2 Å². The summed E-state index contributed by atoms with van der Waals surface area (Å²) >= 11 is 1.74. The van der Waals surface area contributed by atoms with Crippen LogP contribution in [0.2, 0.25) is 0 Å². The third-order valence-electron chi connectivity index (χ3n) is 6.44. The zero-order valence-electron chi connectivity index (χ0n) is 20.0. The molecule has 3 aliphatic rings. The summed E-state index contributed by atoms with van der Waals surface area (Å²) in [6.07, 6.45) is 5.76. The molecule has 7 nitrogen and oxygen atoms in total. The minimum absolute atomic E-state index is 0.398. The van der Waals surface area contributed by atoms with Gasteiger partial charge >= 0.3 is 0 Å². The summed E-state index contributed by atoms with van der Waals surface area (Å²) in [4.78, 5) is 2.45. The molecule has 186 valence electrons. The van der Waals surface area contributed by atoms with Crippen molar-refractivity contribution >= 4 is 29.1 Å². The molecule has 8 heteroatoms. The van der Waals surface area contributed by atoms with Crippen molar-refractivity contribution in [3.05, 3.63) is 66.4 Å². The Labute approximate surface area is 211 Å². The molecule has 0 amide bonds. The van der Waals surface area contributed by atoms with Gasteiger partial charge in [-0.15, -0.1) is 16.9 Å². The van der Waals surface area contributed by atoms with Crippen molar-refractivity contribution in [3.63, 3.8) is 0 Å². The Bertz CT molecular complexity index is 993. The molecule has 0 spiro atoms. The maximum Gasteiger partial charge on any atom is 0.222 e. The van der Waals surface area contributed by atoms with Gasteiger partial charge < -0.3 is 24.4 Å². The standard InChI is InChI=1S/C27H34N4O3S/c1-2-5-24(6-3-1)33-15-16-35-20-27-30-29-18-26(34-27)21-8-10-23(11-9-21)31-13-12-22(19-31)28-17-25-7-4-14-32-25/h1-3,5-6,8-11,18,22,25,28-29H,4,7,12-17,19-20H2. The summed E-state index contributed by atoms with van der Waals surface area (Å²) in [6.45, 7) is 4.65. The molecule has 2 atom stereocenters. The van der Waals surface area contributed by atoms with E-state index >= 15 is 0 Å². The van der Waals surface area contributed by atoms with Crippen LogP contribution in [-0.2, 0) is 9.47 Å². The molecule has 2 saturated heterocycles. The van der Waals surface area contributed by atoms with E-state index in [4.69, 9.17) is 14.2 Å². The second kappa shape index (κ2) is 12.3. The number of anilines is 1. The highest BCUT2D eigenvalue weighted by atomic mass is 32.2. The molecule has 0 bridgehead atoms. The minimum atomic E-state index is 0.398. The Kier molecular flexibility index (Phi) is 8.47. The number of benzene rings is 2. The van der Waals surface area contributed by atoms with Gasteiger partial charge in [0.05, 0.1) is 24.7 Å². The van der Waals surface area contributed by atoms with E-state index in [1.165, 1.54) is 24.9 Å². The minimum Gasteiger partial charge on any atom is -0.493 e. The van der Waals surface area contributed by atoms with Crippen LogP contribution in [0.15, 0.2) is 65.9 Å². The first kappa shape index (κ1) is 24.0. The van der Waals surface area contributed by atoms with Gasteiger partial charge in [0.25, 0.3) is 0 Å². The van der Waals surface area contributed by atoms with Gasteiger partial charge in [-0.05, 0) is 55.7 Å². The summed E-state index contributed by atoms with van der Waals surface area (Å²) in [5.74, 6) is 3.92. The average molecular weight is 495 g/mol. The first-order valence-electron chi connectivity index (χ1n) is 12.5. The number of hydrogen-bond acceptors (Lipinski definition) is 8. The van der Waals surface area contributed by atoms with Crippen LogP contribution in [0.4, 0.5) is 5.69 Å². The molecule has 3 heterocycles. The third kappa shape index (κ3) is 6.93. The number of rotatable bonds is 11. The third-order valence-corrected chi connectivity index (χ3v) is 7.35. The molecular formula is C27H34N4O3S. The second-order valence-corrected chi connectivity index (χ2v) is 10.1. The molecule has 2 unspecified atom stereocenters. The fourth-order valence-electron chi connectivity index (χ4n) is 4.54. The number of hydrazone groups is 1. The van der Waals surface area contributed by atoms with E-state index in [2.05, 4.69) is 45.0 Å². The van der Waals surface area contributed by atoms with E-state index in [9.17, 15) is 0 Å². The largest absolute Gasteiger partial charge is 0.493 e. The lowest BCUT2D eigenvalue weighted by molar-refractivity contribution is 0.108. The molecule has 0 saturated carbocycles. The van der Waals surface area contributed by atoms with Gasteiger partial charge in [-0.1, -0.05) is 18.2 Å². The van der Waals surface area contributed by atoms with Crippen molar-refractivity contribution in [3.8, 4) is 5.75 Å². The van der Waals surface area contributed by atoms with Gasteiger partial charge in [0.2, 0.25) is 5.90 Å². The highest BCUT2D eigenvalue weighted by Crippen LogP contribution is 2.25. The molecule has 35 heavy (non-hydrogen) atoms. The van der Waals surface area contributed by atoms with Crippen molar-refractivity contribution in [2.24, 2.45) is 5.10 Å². The number of nitrogens with one attached hydrogen (secondary N) is 2. The number of hydrogen-bond donors (Lipinski definition) is 2. The molecule has 2 N–H and O–H groups in total. The van der Waals surface area contributed by atoms with Gasteiger partial charge in [-0.2, -0.15) is 0 Å². The van der Waals surface area contributed by atoms with E-state index in [0.717, 1.165) is 49.1 Å². The fourth-order valence-corrected chi connectivity index (χ4v) is 5.19. The quantitative estimate of drug-likeness (QED) is 0.456. The van der Waals surface area contributed by atoms with Gasteiger partial charge in [-0.25, -0.2) is 0 Å². The van der Waals surface area contributed by atoms with Gasteiger partial charge in [0, 0.05) is 49.3 Å². The van der Waals surface area contributed by atoms with Crippen molar-refractivity contribution in [2.75, 3.05) is 49.3 Å². The van der Waals surface area contributed by atoms with Gasteiger partial charge in [-0.3, -0.25) is 5.43 Å². The van der Waals surface area contributed by atoms with E-state index in [-0.39, 0.29) is 0 Å². The Hall–Kier alpha value is -2.68. The number of para-hydroxylation sites is 1. The maximum absolute atomic E-state index is 6.05.